The van der Waals surface area contributed by atoms with Gasteiger partial charge in [0.2, 0.25) is 0 Å². The number of carboxylic acid groups (broad SMARTS) is 1. The number of carbonyl (C=O) groups is 1. The van der Waals surface area contributed by atoms with Gasteiger partial charge in [0.25, 0.3) is 0 Å². The van der Waals surface area contributed by atoms with Gasteiger partial charge in [0.1, 0.15) is 5.69 Å². The van der Waals surface area contributed by atoms with Crippen molar-refractivity contribution in [2.75, 3.05) is 0 Å². The van der Waals surface area contributed by atoms with Gasteiger partial charge in [-0.05, 0) is 17.7 Å². The minimum atomic E-state index is -2.69. The Kier molecular flexibility index (Phi) is 3.42. The van der Waals surface area contributed by atoms with Crippen LogP contribution in [0.25, 0.3) is 22.4 Å². The molecule has 0 fully saturated rings. The summed E-state index contributed by atoms with van der Waals surface area (Å²) in [6, 6.07) is 8.38. The van der Waals surface area contributed by atoms with Crippen molar-refractivity contribution in [1.82, 2.24) is 20.0 Å². The molecule has 2 heterocycles. The minimum Gasteiger partial charge on any atom is -0.477 e. The minimum absolute atomic E-state index is 0.0223. The highest BCUT2D eigenvalue weighted by atomic mass is 19.3. The Bertz CT molecular complexity index is 826. The van der Waals surface area contributed by atoms with E-state index < -0.39 is 12.5 Å². The lowest BCUT2D eigenvalue weighted by molar-refractivity contribution is 0.0566. The molecule has 0 unspecified atom stereocenters. The Morgan fingerprint density at radius 3 is 2.64 bits per heavy atom. The molecule has 0 saturated carbocycles. The highest BCUT2D eigenvalue weighted by Crippen LogP contribution is 2.26. The summed E-state index contributed by atoms with van der Waals surface area (Å²) in [5.74, 6) is -1.10. The molecule has 3 aromatic rings. The number of nitrogens with one attached hydrogen (secondary N) is 1. The number of halogens is 2. The molecule has 22 heavy (non-hydrogen) atoms. The molecular weight excluding hydrogens is 294 g/mol. The summed E-state index contributed by atoms with van der Waals surface area (Å²) in [5.41, 5.74) is 2.33. The average Bonchev–Trinajstić information content (AvgIpc) is 3.17. The van der Waals surface area contributed by atoms with E-state index in [0.717, 1.165) is 0 Å². The van der Waals surface area contributed by atoms with Crippen LogP contribution in [0.15, 0.2) is 42.7 Å². The Morgan fingerprint density at radius 2 is 2.00 bits per heavy atom. The molecule has 0 radical (unpaired) electrons. The van der Waals surface area contributed by atoms with E-state index in [4.69, 9.17) is 5.11 Å². The molecule has 2 N–H and O–H groups in total. The van der Waals surface area contributed by atoms with Crippen LogP contribution < -0.4 is 0 Å². The predicted molar refractivity (Wildman–Crippen MR) is 73.5 cm³/mol. The van der Waals surface area contributed by atoms with Crippen molar-refractivity contribution in [3.05, 3.63) is 48.4 Å². The summed E-state index contributed by atoms with van der Waals surface area (Å²) in [5, 5.41) is 18.8. The van der Waals surface area contributed by atoms with Gasteiger partial charge in [0, 0.05) is 17.3 Å². The summed E-state index contributed by atoms with van der Waals surface area (Å²) in [7, 11) is 0. The molecule has 1 aromatic carbocycles. The number of hydrogen-bond acceptors (Lipinski definition) is 3. The molecule has 0 aliphatic heterocycles. The van der Waals surface area contributed by atoms with Gasteiger partial charge < -0.3 is 5.11 Å². The van der Waals surface area contributed by atoms with Crippen LogP contribution in [0.1, 0.15) is 17.0 Å². The molecule has 0 bridgehead atoms. The van der Waals surface area contributed by atoms with Crippen LogP contribution in [0.2, 0.25) is 0 Å². The van der Waals surface area contributed by atoms with Crippen LogP contribution in [0.3, 0.4) is 0 Å². The second-order valence-electron chi connectivity index (χ2n) is 4.54. The maximum atomic E-state index is 12.5. The van der Waals surface area contributed by atoms with Gasteiger partial charge in [-0.1, -0.05) is 18.2 Å². The molecule has 6 nitrogen and oxygen atoms in total. The van der Waals surface area contributed by atoms with E-state index in [2.05, 4.69) is 15.3 Å². The average molecular weight is 304 g/mol. The molecule has 8 heteroatoms. The van der Waals surface area contributed by atoms with Crippen LogP contribution in [-0.2, 0) is 0 Å². The summed E-state index contributed by atoms with van der Waals surface area (Å²) in [4.78, 5) is 10.8. The first-order valence-electron chi connectivity index (χ1n) is 6.26. The Balaban J connectivity index is 1.96. The lowest BCUT2D eigenvalue weighted by Crippen LogP contribution is -1.96. The standard InChI is InChI=1S/C14H10F2N4O2/c15-14(16)20-7-10(6-17-20)8-2-1-3-9(4-8)11-5-12(13(21)22)19-18-11/h1-7,14H,(H,18,19)(H,21,22). The number of benzene rings is 1. The first-order valence-corrected chi connectivity index (χ1v) is 6.26. The topological polar surface area (TPSA) is 83.8 Å². The fourth-order valence-electron chi connectivity index (χ4n) is 2.03. The zero-order valence-electron chi connectivity index (χ0n) is 11.1. The van der Waals surface area contributed by atoms with Crippen LogP contribution in [-0.4, -0.2) is 31.1 Å². The fourth-order valence-corrected chi connectivity index (χ4v) is 2.03. The maximum absolute atomic E-state index is 12.5. The zero-order chi connectivity index (χ0) is 15.7. The molecule has 2 aromatic heterocycles. The van der Waals surface area contributed by atoms with Crippen LogP contribution >= 0.6 is 0 Å². The van der Waals surface area contributed by atoms with E-state index in [1.54, 1.807) is 24.3 Å². The van der Waals surface area contributed by atoms with Gasteiger partial charge in [-0.15, -0.1) is 0 Å². The molecule has 0 aliphatic rings. The van der Waals surface area contributed by atoms with Crippen LogP contribution in [0.5, 0.6) is 0 Å². The third-order valence-electron chi connectivity index (χ3n) is 3.10. The molecule has 0 saturated heterocycles. The van der Waals surface area contributed by atoms with E-state index in [-0.39, 0.29) is 5.69 Å². The first kappa shape index (κ1) is 13.9. The van der Waals surface area contributed by atoms with E-state index >= 15 is 0 Å². The summed E-state index contributed by atoms with van der Waals surface area (Å²) in [6.07, 6.45) is 2.59. The van der Waals surface area contributed by atoms with Crippen molar-refractivity contribution in [1.29, 1.82) is 0 Å². The molecular formula is C14H10F2N4O2. The third kappa shape index (κ3) is 2.58. The van der Waals surface area contributed by atoms with Crippen molar-refractivity contribution in [3.63, 3.8) is 0 Å². The smallest absolute Gasteiger partial charge is 0.353 e. The number of H-pyrrole nitrogens is 1. The van der Waals surface area contributed by atoms with E-state index in [1.807, 2.05) is 0 Å². The monoisotopic (exact) mass is 304 g/mol. The number of rotatable bonds is 4. The molecule has 0 atom stereocenters. The highest BCUT2D eigenvalue weighted by Gasteiger charge is 2.12. The zero-order valence-corrected chi connectivity index (χ0v) is 11.1. The van der Waals surface area contributed by atoms with Gasteiger partial charge in [0.15, 0.2) is 0 Å². The number of carboxylic acids is 1. The normalized spacial score (nSPS) is 11.0. The van der Waals surface area contributed by atoms with Gasteiger partial charge >= 0.3 is 12.5 Å². The lowest BCUT2D eigenvalue weighted by Gasteiger charge is -2.01. The van der Waals surface area contributed by atoms with Crippen LogP contribution in [0, 0.1) is 0 Å². The van der Waals surface area contributed by atoms with Crippen molar-refractivity contribution < 1.29 is 18.7 Å². The van der Waals surface area contributed by atoms with E-state index in [9.17, 15) is 13.6 Å². The van der Waals surface area contributed by atoms with Gasteiger partial charge in [-0.3, -0.25) is 5.10 Å². The summed E-state index contributed by atoms with van der Waals surface area (Å²) >= 11 is 0. The number of hydrogen-bond donors (Lipinski definition) is 2. The number of alkyl halides is 2. The van der Waals surface area contributed by atoms with Gasteiger partial charge in [-0.25, -0.2) is 9.48 Å². The first-order chi connectivity index (χ1) is 10.5. The van der Waals surface area contributed by atoms with Crippen molar-refractivity contribution in [3.8, 4) is 22.4 Å². The molecule has 0 aliphatic carbocycles. The van der Waals surface area contributed by atoms with Gasteiger partial charge in [0.05, 0.1) is 11.9 Å². The SMILES string of the molecule is O=C(O)c1cc(-c2cccc(-c3cnn(C(F)F)c3)c2)n[nH]1. The van der Waals surface area contributed by atoms with Gasteiger partial charge in [-0.2, -0.15) is 19.0 Å². The molecule has 112 valence electrons. The third-order valence-corrected chi connectivity index (χ3v) is 3.10. The predicted octanol–water partition coefficient (Wildman–Crippen LogP) is 3.03. The highest BCUT2D eigenvalue weighted by molar-refractivity contribution is 5.87. The second-order valence-corrected chi connectivity index (χ2v) is 4.54. The van der Waals surface area contributed by atoms with Crippen molar-refractivity contribution >= 4 is 5.97 Å². The Labute approximate surface area is 123 Å². The van der Waals surface area contributed by atoms with E-state index in [1.165, 1.54) is 18.5 Å². The molecule has 0 amide bonds. The fraction of sp³-hybridized carbons (Fsp3) is 0.0714. The Morgan fingerprint density at radius 1 is 1.23 bits per heavy atom. The summed E-state index contributed by atoms with van der Waals surface area (Å²) in [6.45, 7) is -2.69. The van der Waals surface area contributed by atoms with E-state index in [0.29, 0.717) is 27.1 Å². The van der Waals surface area contributed by atoms with Crippen molar-refractivity contribution in [2.24, 2.45) is 0 Å². The number of aromatic nitrogens is 4. The quantitative estimate of drug-likeness (QED) is 0.776. The number of aromatic carboxylic acids is 1. The molecule has 0 spiro atoms. The lowest BCUT2D eigenvalue weighted by atomic mass is 10.0. The molecule has 3 rings (SSSR count). The van der Waals surface area contributed by atoms with Crippen molar-refractivity contribution in [2.45, 2.75) is 6.55 Å². The number of aromatic amines is 1. The second kappa shape index (κ2) is 5.40. The largest absolute Gasteiger partial charge is 0.477 e. The summed E-state index contributed by atoms with van der Waals surface area (Å²) < 4.78 is 25.7. The van der Waals surface area contributed by atoms with Crippen LogP contribution in [0.4, 0.5) is 8.78 Å². The Hall–Kier alpha value is -3.03. The maximum Gasteiger partial charge on any atom is 0.353 e. The number of nitrogens with zero attached hydrogens (tertiary/aromatic N) is 3.